The maximum atomic E-state index is 14.4. The highest BCUT2D eigenvalue weighted by atomic mass is 32.1. The van der Waals surface area contributed by atoms with Crippen molar-refractivity contribution in [3.05, 3.63) is 15.6 Å². The number of carbonyl (C=O) groups excluding carboxylic acids is 4. The molecule has 4 amide bonds. The molecule has 1 aliphatic carbocycles. The predicted octanol–water partition coefficient (Wildman–Crippen LogP) is 3.10. The first-order valence-corrected chi connectivity index (χ1v) is 19.5. The summed E-state index contributed by atoms with van der Waals surface area (Å²) in [7, 11) is 1.68. The maximum absolute atomic E-state index is 14.4. The van der Waals surface area contributed by atoms with E-state index in [2.05, 4.69) is 12.2 Å². The van der Waals surface area contributed by atoms with Gasteiger partial charge < -0.3 is 29.7 Å². The summed E-state index contributed by atoms with van der Waals surface area (Å²) in [5.41, 5.74) is 0.854. The summed E-state index contributed by atoms with van der Waals surface area (Å²) in [5, 5.41) is 4.89. The summed E-state index contributed by atoms with van der Waals surface area (Å²) in [6.07, 6.45) is 10.6. The van der Waals surface area contributed by atoms with Crippen molar-refractivity contribution in [2.75, 3.05) is 53.0 Å². The summed E-state index contributed by atoms with van der Waals surface area (Å²) in [6.45, 7) is 6.23. The number of methoxy groups -OCH3 is 1. The summed E-state index contributed by atoms with van der Waals surface area (Å²) in [5.74, 6) is 0.352. The fourth-order valence-corrected chi connectivity index (χ4v) is 10.6. The molecule has 0 spiro atoms. The van der Waals surface area contributed by atoms with Gasteiger partial charge in [0.15, 0.2) is 0 Å². The average molecular weight is 683 g/mol. The summed E-state index contributed by atoms with van der Waals surface area (Å²) < 4.78 is 5.42. The highest BCUT2D eigenvalue weighted by Crippen LogP contribution is 2.37. The average Bonchev–Trinajstić information content (AvgIpc) is 3.90. The van der Waals surface area contributed by atoms with Crippen LogP contribution < -0.4 is 5.32 Å². The first kappa shape index (κ1) is 33.9. The van der Waals surface area contributed by atoms with Gasteiger partial charge in [-0.2, -0.15) is 0 Å². The number of amides is 4. The summed E-state index contributed by atoms with van der Waals surface area (Å²) in [6, 6.07) is 0.178. The second kappa shape index (κ2) is 14.7. The van der Waals surface area contributed by atoms with Crippen LogP contribution in [0, 0.1) is 18.8 Å². The van der Waals surface area contributed by atoms with Gasteiger partial charge in [0.25, 0.3) is 0 Å². The van der Waals surface area contributed by atoms with E-state index in [9.17, 15) is 19.2 Å². The molecular formula is C36H54N6O5S. The van der Waals surface area contributed by atoms with Crippen LogP contribution in [0.1, 0.15) is 98.5 Å². The van der Waals surface area contributed by atoms with Crippen molar-refractivity contribution in [3.8, 4) is 0 Å². The third-order valence-electron chi connectivity index (χ3n) is 12.3. The van der Waals surface area contributed by atoms with E-state index in [0.29, 0.717) is 64.6 Å². The number of hydrogen-bond acceptors (Lipinski definition) is 8. The molecule has 1 saturated carbocycles. The van der Waals surface area contributed by atoms with Gasteiger partial charge in [0.1, 0.15) is 6.04 Å². The molecule has 5 atom stereocenters. The molecule has 6 aliphatic heterocycles. The number of ether oxygens (including phenoxy) is 1. The number of likely N-dealkylation sites (tertiary alicyclic amines) is 1. The number of thiazole rings is 1. The van der Waals surface area contributed by atoms with Crippen LogP contribution >= 0.6 is 11.3 Å². The zero-order chi connectivity index (χ0) is 33.4. The molecule has 1 N–H and O–H groups in total. The van der Waals surface area contributed by atoms with E-state index in [4.69, 9.17) is 9.72 Å². The van der Waals surface area contributed by atoms with Gasteiger partial charge in [-0.25, -0.2) is 4.98 Å². The van der Waals surface area contributed by atoms with E-state index in [0.717, 1.165) is 60.6 Å². The van der Waals surface area contributed by atoms with Crippen LogP contribution in [0.3, 0.4) is 0 Å². The number of aryl methyl sites for hydroxylation is 1. The molecule has 12 heteroatoms. The highest BCUT2D eigenvalue weighted by Gasteiger charge is 2.45. The largest absolute Gasteiger partial charge is 0.383 e. The molecular weight excluding hydrogens is 629 g/mol. The second-order valence-corrected chi connectivity index (χ2v) is 16.6. The Bertz CT molecular complexity index is 1360. The molecule has 1 aromatic rings. The van der Waals surface area contributed by atoms with Gasteiger partial charge >= 0.3 is 0 Å². The number of aromatic nitrogens is 1. The van der Waals surface area contributed by atoms with Gasteiger partial charge in [-0.05, 0) is 70.1 Å². The zero-order valence-electron chi connectivity index (χ0n) is 28.9. The van der Waals surface area contributed by atoms with Gasteiger partial charge in [0.05, 0.1) is 29.8 Å². The topological polar surface area (TPSA) is 115 Å². The summed E-state index contributed by atoms with van der Waals surface area (Å²) >= 11 is 1.70. The quantitative estimate of drug-likeness (QED) is 0.491. The lowest BCUT2D eigenvalue weighted by Crippen LogP contribution is -2.51. The molecule has 7 heterocycles. The van der Waals surface area contributed by atoms with Crippen molar-refractivity contribution in [2.45, 2.75) is 120 Å². The Labute approximate surface area is 289 Å². The molecule has 0 radical (unpaired) electrons. The first-order valence-electron chi connectivity index (χ1n) is 18.6. The molecule has 4 saturated heterocycles. The van der Waals surface area contributed by atoms with Crippen molar-refractivity contribution < 1.29 is 23.9 Å². The molecule has 6 bridgehead atoms. The van der Waals surface area contributed by atoms with E-state index in [1.54, 1.807) is 18.4 Å². The number of carbonyl (C=O) groups is 4. The number of nitrogens with one attached hydrogen (secondary N) is 1. The Morgan fingerprint density at radius 2 is 1.69 bits per heavy atom. The first-order chi connectivity index (χ1) is 23.3. The van der Waals surface area contributed by atoms with E-state index >= 15 is 0 Å². The van der Waals surface area contributed by atoms with E-state index in [-0.39, 0.29) is 66.3 Å². The van der Waals surface area contributed by atoms with Gasteiger partial charge in [-0.15, -0.1) is 11.3 Å². The molecule has 5 fully saturated rings. The lowest BCUT2D eigenvalue weighted by molar-refractivity contribution is -0.146. The normalized spacial score (nSPS) is 32.0. The van der Waals surface area contributed by atoms with Gasteiger partial charge in [-0.1, -0.05) is 12.8 Å². The molecule has 0 aromatic carbocycles. The van der Waals surface area contributed by atoms with Crippen LogP contribution in [-0.4, -0.2) is 125 Å². The Morgan fingerprint density at radius 3 is 2.46 bits per heavy atom. The zero-order valence-corrected chi connectivity index (χ0v) is 29.7. The Morgan fingerprint density at radius 1 is 0.917 bits per heavy atom. The monoisotopic (exact) mass is 682 g/mol. The van der Waals surface area contributed by atoms with E-state index < -0.39 is 6.04 Å². The molecule has 0 unspecified atom stereocenters. The van der Waals surface area contributed by atoms with Crippen molar-refractivity contribution in [2.24, 2.45) is 11.8 Å². The Kier molecular flexibility index (Phi) is 10.4. The van der Waals surface area contributed by atoms with Crippen LogP contribution in [0.5, 0.6) is 0 Å². The third kappa shape index (κ3) is 7.17. The minimum absolute atomic E-state index is 0.00695. The smallest absolute Gasteiger partial charge is 0.245 e. The van der Waals surface area contributed by atoms with Crippen LogP contribution in [0.15, 0.2) is 0 Å². The maximum Gasteiger partial charge on any atom is 0.245 e. The minimum atomic E-state index is -0.474. The van der Waals surface area contributed by atoms with Crippen LogP contribution in [-0.2, 0) is 30.3 Å². The summed E-state index contributed by atoms with van der Waals surface area (Å²) in [4.78, 5) is 70.0. The van der Waals surface area contributed by atoms with Gasteiger partial charge in [0, 0.05) is 82.1 Å². The van der Waals surface area contributed by atoms with Crippen LogP contribution in [0.4, 0.5) is 0 Å². The molecule has 1 aromatic heterocycles. The van der Waals surface area contributed by atoms with E-state index in [1.807, 2.05) is 19.6 Å². The molecule has 8 rings (SSSR count). The fraction of sp³-hybridized carbons (Fsp3) is 0.806. The second-order valence-electron chi connectivity index (χ2n) is 15.4. The lowest BCUT2D eigenvalue weighted by atomic mass is 9.80. The van der Waals surface area contributed by atoms with Crippen molar-refractivity contribution >= 4 is 35.0 Å². The number of hydrogen-bond donors (Lipinski definition) is 1. The number of fused-ring (bicyclic) bond motifs is 4. The highest BCUT2D eigenvalue weighted by molar-refractivity contribution is 7.11. The number of nitrogens with zero attached hydrogens (tertiary/aromatic N) is 5. The Balaban J connectivity index is 1.15. The van der Waals surface area contributed by atoms with Crippen molar-refractivity contribution in [3.63, 3.8) is 0 Å². The van der Waals surface area contributed by atoms with Crippen LogP contribution in [0.25, 0.3) is 0 Å². The van der Waals surface area contributed by atoms with Crippen molar-refractivity contribution in [1.29, 1.82) is 0 Å². The SMILES string of the molecule is COC[C@H]1CCCN1C(=O)C[C@@H]1CCN2C[C@@H]1CC(=O)N1C[C@@H](NC3CCCC3)C[C@H]1C(=O)N1CCC(CC1)c1nc(c(C)s1)CC2=O. The minimum Gasteiger partial charge on any atom is -0.383 e. The van der Waals surface area contributed by atoms with Gasteiger partial charge in [-0.3, -0.25) is 19.2 Å². The molecule has 48 heavy (non-hydrogen) atoms. The molecule has 7 aliphatic rings. The number of piperidine rings is 2. The molecule has 264 valence electrons. The number of rotatable bonds is 6. The van der Waals surface area contributed by atoms with Crippen molar-refractivity contribution in [1.82, 2.24) is 29.9 Å². The fourth-order valence-electron chi connectivity index (χ4n) is 9.51. The lowest BCUT2D eigenvalue weighted by Gasteiger charge is -2.40. The molecule has 11 nitrogen and oxygen atoms in total. The predicted molar refractivity (Wildman–Crippen MR) is 182 cm³/mol. The third-order valence-corrected chi connectivity index (χ3v) is 13.5. The van der Waals surface area contributed by atoms with Gasteiger partial charge in [0.2, 0.25) is 23.6 Å². The standard InChI is InChI=1S/C36H54N6O5S/c1-23-30-19-32(43)40-15-11-25(16-33(44)41-12-5-8-29(41)22-47-2)26(20-40)17-34(45)42-21-28(37-27-6-3-4-7-27)18-31(42)36(46)39-13-9-24(10-14-39)35(38-30)48-23/h24-29,31,37H,3-22H2,1-2H3/t25-,26-,28-,29+,31-/m0/s1. The Hall–Kier alpha value is -2.57. The van der Waals surface area contributed by atoms with Crippen LogP contribution in [0.2, 0.25) is 0 Å². The van der Waals surface area contributed by atoms with E-state index in [1.165, 1.54) is 12.8 Å².